The van der Waals surface area contributed by atoms with E-state index in [9.17, 15) is 14.4 Å². The molecular weight excluding hydrogens is 232 g/mol. The number of carbonyl (C=O) groups is 3. The van der Waals surface area contributed by atoms with Crippen molar-refractivity contribution in [1.29, 1.82) is 0 Å². The fourth-order valence-electron chi connectivity index (χ4n) is 0.818. The van der Waals surface area contributed by atoms with Crippen LogP contribution >= 0.6 is 12.6 Å². The molecule has 0 aliphatic carbocycles. The Balaban J connectivity index is 0.000000288. The van der Waals surface area contributed by atoms with Gasteiger partial charge in [0.25, 0.3) is 11.8 Å². The largest absolute Gasteiger partial charge is 0.480 e. The monoisotopic (exact) mass is 246 g/mol. The number of carboxylic acids is 1. The van der Waals surface area contributed by atoms with Gasteiger partial charge in [-0.15, -0.1) is 0 Å². The van der Waals surface area contributed by atoms with Crippen LogP contribution in [0.25, 0.3) is 0 Å². The van der Waals surface area contributed by atoms with Crippen LogP contribution in [0.5, 0.6) is 0 Å². The summed E-state index contributed by atoms with van der Waals surface area (Å²) in [7, 11) is 3.43. The Hall–Kier alpha value is -1.34. The predicted molar refractivity (Wildman–Crippen MR) is 61.3 cm³/mol. The fourth-order valence-corrected chi connectivity index (χ4v) is 1.30. The number of amides is 2. The number of thiol groups is 1. The van der Waals surface area contributed by atoms with E-state index in [1.165, 1.54) is 12.2 Å². The van der Waals surface area contributed by atoms with Gasteiger partial charge in [0.15, 0.2) is 0 Å². The number of rotatable bonds is 3. The van der Waals surface area contributed by atoms with Crippen LogP contribution in [-0.4, -0.2) is 53.7 Å². The Morgan fingerprint density at radius 3 is 1.94 bits per heavy atom. The molecule has 1 atom stereocenters. The molecule has 0 bridgehead atoms. The lowest BCUT2D eigenvalue weighted by Crippen LogP contribution is -2.37. The van der Waals surface area contributed by atoms with Crippen molar-refractivity contribution in [3.8, 4) is 0 Å². The number of nitrogens with one attached hydrogen (secondary N) is 1. The highest BCUT2D eigenvalue weighted by molar-refractivity contribution is 7.80. The van der Waals surface area contributed by atoms with E-state index in [0.29, 0.717) is 5.75 Å². The molecule has 0 aromatic carbocycles. The van der Waals surface area contributed by atoms with Crippen molar-refractivity contribution in [3.05, 3.63) is 12.2 Å². The molecular formula is C9H14N2O4S. The minimum Gasteiger partial charge on any atom is -0.480 e. The summed E-state index contributed by atoms with van der Waals surface area (Å²) in [6.45, 7) is 0. The van der Waals surface area contributed by atoms with Crippen molar-refractivity contribution in [2.24, 2.45) is 0 Å². The molecule has 0 aromatic rings. The molecule has 0 saturated carbocycles. The van der Waals surface area contributed by atoms with Crippen LogP contribution in [-0.2, 0) is 14.4 Å². The average Bonchev–Trinajstić information content (AvgIpc) is 2.50. The number of imide groups is 1. The van der Waals surface area contributed by atoms with Gasteiger partial charge in [0.2, 0.25) is 0 Å². The van der Waals surface area contributed by atoms with Gasteiger partial charge < -0.3 is 5.11 Å². The molecule has 1 aliphatic rings. The fraction of sp³-hybridized carbons (Fsp3) is 0.444. The first-order valence-corrected chi connectivity index (χ1v) is 5.04. The van der Waals surface area contributed by atoms with Gasteiger partial charge in [0, 0.05) is 17.9 Å². The molecule has 2 amide bonds. The third-order valence-electron chi connectivity index (χ3n) is 1.71. The third-order valence-corrected chi connectivity index (χ3v) is 2.06. The molecule has 16 heavy (non-hydrogen) atoms. The van der Waals surface area contributed by atoms with Crippen LogP contribution in [0.3, 0.4) is 0 Å². The van der Waals surface area contributed by atoms with Gasteiger partial charge in [-0.3, -0.25) is 24.6 Å². The maximum absolute atomic E-state index is 10.3. The quantitative estimate of drug-likeness (QED) is 0.445. The highest BCUT2D eigenvalue weighted by Gasteiger charge is 2.16. The van der Waals surface area contributed by atoms with E-state index < -0.39 is 12.0 Å². The summed E-state index contributed by atoms with van der Waals surface area (Å²) in [5, 5.41) is 10.5. The average molecular weight is 246 g/mol. The van der Waals surface area contributed by atoms with Gasteiger partial charge in [0.05, 0.1) is 0 Å². The van der Waals surface area contributed by atoms with Crippen molar-refractivity contribution in [2.75, 3.05) is 19.8 Å². The van der Waals surface area contributed by atoms with E-state index in [1.54, 1.807) is 19.0 Å². The summed E-state index contributed by atoms with van der Waals surface area (Å²) in [6.07, 6.45) is 2.39. The number of likely N-dealkylation sites (N-methyl/N-ethyl adjacent to an activating group) is 1. The summed E-state index contributed by atoms with van der Waals surface area (Å²) < 4.78 is 0. The van der Waals surface area contributed by atoms with Crippen LogP contribution in [0.1, 0.15) is 0 Å². The second-order valence-electron chi connectivity index (χ2n) is 3.19. The minimum atomic E-state index is -0.824. The molecule has 0 radical (unpaired) electrons. The number of carboxylic acid groups (broad SMARTS) is 1. The molecule has 0 aromatic heterocycles. The van der Waals surface area contributed by atoms with E-state index in [1.807, 2.05) is 5.32 Å². The van der Waals surface area contributed by atoms with Crippen molar-refractivity contribution in [1.82, 2.24) is 10.2 Å². The van der Waals surface area contributed by atoms with Gasteiger partial charge in [-0.1, -0.05) is 0 Å². The zero-order valence-electron chi connectivity index (χ0n) is 9.01. The third kappa shape index (κ3) is 5.52. The first kappa shape index (κ1) is 14.7. The zero-order valence-corrected chi connectivity index (χ0v) is 9.90. The smallest absolute Gasteiger partial charge is 0.321 e. The molecule has 6 nitrogen and oxygen atoms in total. The second kappa shape index (κ2) is 7.02. The molecule has 7 heteroatoms. The number of carbonyl (C=O) groups excluding carboxylic acids is 2. The van der Waals surface area contributed by atoms with Crippen LogP contribution < -0.4 is 5.32 Å². The van der Waals surface area contributed by atoms with Gasteiger partial charge in [0.1, 0.15) is 6.04 Å². The number of hydrogen-bond donors (Lipinski definition) is 3. The van der Waals surface area contributed by atoms with E-state index >= 15 is 0 Å². The lowest BCUT2D eigenvalue weighted by Gasteiger charge is -2.16. The molecule has 2 N–H and O–H groups in total. The lowest BCUT2D eigenvalue weighted by molar-refractivity contribution is -0.141. The van der Waals surface area contributed by atoms with Crippen LogP contribution in [0, 0.1) is 0 Å². The summed E-state index contributed by atoms with van der Waals surface area (Å²) >= 11 is 3.87. The first-order chi connectivity index (χ1) is 7.38. The summed E-state index contributed by atoms with van der Waals surface area (Å²) in [4.78, 5) is 32.0. The van der Waals surface area contributed by atoms with Crippen LogP contribution in [0.15, 0.2) is 12.2 Å². The normalized spacial score (nSPS) is 15.5. The molecule has 1 unspecified atom stereocenters. The Morgan fingerprint density at radius 1 is 1.44 bits per heavy atom. The summed E-state index contributed by atoms with van der Waals surface area (Å²) in [5.41, 5.74) is 0. The Morgan fingerprint density at radius 2 is 1.88 bits per heavy atom. The van der Waals surface area contributed by atoms with Gasteiger partial charge >= 0.3 is 5.97 Å². The zero-order chi connectivity index (χ0) is 12.7. The first-order valence-electron chi connectivity index (χ1n) is 4.41. The van der Waals surface area contributed by atoms with E-state index in [0.717, 1.165) is 0 Å². The number of aliphatic carboxylic acids is 1. The van der Waals surface area contributed by atoms with Gasteiger partial charge in [-0.2, -0.15) is 12.6 Å². The van der Waals surface area contributed by atoms with Gasteiger partial charge in [-0.05, 0) is 14.1 Å². The summed E-state index contributed by atoms with van der Waals surface area (Å²) in [5.74, 6) is -1.13. The highest BCUT2D eigenvalue weighted by atomic mass is 32.1. The summed E-state index contributed by atoms with van der Waals surface area (Å²) in [6, 6.07) is -0.465. The number of nitrogens with zero attached hydrogens (tertiary/aromatic N) is 1. The van der Waals surface area contributed by atoms with E-state index in [2.05, 4.69) is 12.6 Å². The standard InChI is InChI=1S/C5H11NO2S.C4H3NO2/c1-6(2)4(3-9)5(7)8;6-3-1-2-4(7)5-3/h4,9H,3H2,1-2H3,(H,7,8);1-2H,(H,5,6,7). The Bertz CT molecular complexity index is 299. The van der Waals surface area contributed by atoms with Gasteiger partial charge in [-0.25, -0.2) is 0 Å². The van der Waals surface area contributed by atoms with Crippen LogP contribution in [0.2, 0.25) is 0 Å². The minimum absolute atomic E-state index is 0.329. The highest BCUT2D eigenvalue weighted by Crippen LogP contribution is 1.94. The maximum atomic E-state index is 10.3. The molecule has 1 rings (SSSR count). The van der Waals surface area contributed by atoms with E-state index in [-0.39, 0.29) is 11.8 Å². The second-order valence-corrected chi connectivity index (χ2v) is 3.55. The maximum Gasteiger partial charge on any atom is 0.321 e. The molecule has 0 fully saturated rings. The molecule has 0 saturated heterocycles. The van der Waals surface area contributed by atoms with Crippen molar-refractivity contribution >= 4 is 30.4 Å². The number of hydrogen-bond acceptors (Lipinski definition) is 5. The molecule has 1 heterocycles. The van der Waals surface area contributed by atoms with Crippen molar-refractivity contribution < 1.29 is 19.5 Å². The SMILES string of the molecule is CN(C)C(CS)C(=O)O.O=C1C=CC(=O)N1. The topological polar surface area (TPSA) is 86.7 Å². The Kier molecular flexibility index (Phi) is 6.43. The molecule has 90 valence electrons. The molecule has 1 aliphatic heterocycles. The van der Waals surface area contributed by atoms with E-state index in [4.69, 9.17) is 5.11 Å². The molecule has 0 spiro atoms. The van der Waals surface area contributed by atoms with Crippen molar-refractivity contribution in [3.63, 3.8) is 0 Å². The predicted octanol–water partition coefficient (Wildman–Crippen LogP) is -0.870. The Labute approximate surface area is 98.7 Å². The van der Waals surface area contributed by atoms with Crippen LogP contribution in [0.4, 0.5) is 0 Å². The van der Waals surface area contributed by atoms with Crippen molar-refractivity contribution in [2.45, 2.75) is 6.04 Å². The lowest BCUT2D eigenvalue weighted by atomic mass is 10.3.